The van der Waals surface area contributed by atoms with Gasteiger partial charge < -0.3 is 20.1 Å². The Morgan fingerprint density at radius 2 is 1.71 bits per heavy atom. The lowest BCUT2D eigenvalue weighted by atomic mass is 10.2. The molecular weight excluding hydrogens is 328 g/mol. The van der Waals surface area contributed by atoms with Gasteiger partial charge in [0, 0.05) is 34.6 Å². The number of anilines is 4. The van der Waals surface area contributed by atoms with E-state index >= 15 is 0 Å². The van der Waals surface area contributed by atoms with E-state index in [9.17, 15) is 0 Å². The summed E-state index contributed by atoms with van der Waals surface area (Å²) in [5.74, 6) is 2.10. The smallest absolute Gasteiger partial charge is 0.150 e. The summed E-state index contributed by atoms with van der Waals surface area (Å²) >= 11 is 6.01. The molecule has 24 heavy (non-hydrogen) atoms. The maximum Gasteiger partial charge on any atom is 0.150 e. The van der Waals surface area contributed by atoms with Crippen molar-refractivity contribution in [1.82, 2.24) is 10.2 Å². The monoisotopic (exact) mass is 344 g/mol. The second kappa shape index (κ2) is 7.14. The molecule has 0 aliphatic carbocycles. The molecule has 0 spiro atoms. The largest absolute Gasteiger partial charge is 0.497 e. The quantitative estimate of drug-likeness (QED) is 0.611. The van der Waals surface area contributed by atoms with Crippen LogP contribution in [0.4, 0.5) is 22.9 Å². The van der Waals surface area contributed by atoms with Crippen molar-refractivity contribution in [2.24, 2.45) is 0 Å². The lowest BCUT2D eigenvalue weighted by Gasteiger charge is -2.12. The number of ether oxygens (including phenoxy) is 2. The van der Waals surface area contributed by atoms with E-state index in [1.54, 1.807) is 20.4 Å². The van der Waals surface area contributed by atoms with Crippen LogP contribution in [0.5, 0.6) is 11.5 Å². The highest BCUT2D eigenvalue weighted by Crippen LogP contribution is 2.31. The second-order valence-electron chi connectivity index (χ2n) is 5.02. The van der Waals surface area contributed by atoms with E-state index < -0.39 is 0 Å². The number of nitrogens with one attached hydrogen (secondary N) is 3. The van der Waals surface area contributed by atoms with Crippen molar-refractivity contribution in [2.75, 3.05) is 24.9 Å². The van der Waals surface area contributed by atoms with Crippen molar-refractivity contribution < 1.29 is 9.47 Å². The summed E-state index contributed by atoms with van der Waals surface area (Å²) in [5, 5.41) is 14.2. The highest BCUT2D eigenvalue weighted by molar-refractivity contribution is 6.30. The summed E-state index contributed by atoms with van der Waals surface area (Å²) in [7, 11) is 3.22. The van der Waals surface area contributed by atoms with Gasteiger partial charge >= 0.3 is 0 Å². The molecule has 3 aromatic rings. The highest BCUT2D eigenvalue weighted by Gasteiger charge is 2.08. The number of nitrogens with zero attached hydrogens (tertiary/aromatic N) is 1. The molecule has 3 N–H and O–H groups in total. The van der Waals surface area contributed by atoms with Crippen molar-refractivity contribution in [3.8, 4) is 11.5 Å². The van der Waals surface area contributed by atoms with Gasteiger partial charge in [-0.25, -0.2) is 0 Å². The van der Waals surface area contributed by atoms with Crippen molar-refractivity contribution >= 4 is 34.5 Å². The Bertz CT molecular complexity index is 813. The zero-order valence-electron chi connectivity index (χ0n) is 13.3. The Hall–Kier alpha value is -2.86. The third kappa shape index (κ3) is 3.72. The van der Waals surface area contributed by atoms with E-state index in [4.69, 9.17) is 21.1 Å². The van der Waals surface area contributed by atoms with Crippen LogP contribution in [-0.4, -0.2) is 24.4 Å². The molecule has 0 aliphatic rings. The van der Waals surface area contributed by atoms with Crippen LogP contribution in [0, 0.1) is 0 Å². The third-order valence-electron chi connectivity index (χ3n) is 3.36. The van der Waals surface area contributed by atoms with Gasteiger partial charge in [0.25, 0.3) is 0 Å². The topological polar surface area (TPSA) is 71.2 Å². The Kier molecular flexibility index (Phi) is 4.77. The van der Waals surface area contributed by atoms with Gasteiger partial charge in [0.05, 0.1) is 20.4 Å². The van der Waals surface area contributed by atoms with Crippen LogP contribution in [0.3, 0.4) is 0 Å². The predicted octanol–water partition coefficient (Wildman–Crippen LogP) is 4.57. The van der Waals surface area contributed by atoms with E-state index in [0.29, 0.717) is 22.3 Å². The van der Waals surface area contributed by atoms with Gasteiger partial charge in [-0.15, -0.1) is 0 Å². The molecule has 124 valence electrons. The predicted molar refractivity (Wildman–Crippen MR) is 96.2 cm³/mol. The normalized spacial score (nSPS) is 10.3. The Morgan fingerprint density at radius 3 is 2.38 bits per heavy atom. The third-order valence-corrected chi connectivity index (χ3v) is 3.60. The average molecular weight is 345 g/mol. The summed E-state index contributed by atoms with van der Waals surface area (Å²) in [4.78, 5) is 0. The molecule has 2 aromatic carbocycles. The van der Waals surface area contributed by atoms with Crippen LogP contribution >= 0.6 is 11.6 Å². The van der Waals surface area contributed by atoms with E-state index in [2.05, 4.69) is 20.8 Å². The van der Waals surface area contributed by atoms with Gasteiger partial charge in [-0.05, 0) is 18.2 Å². The molecule has 0 saturated carbocycles. The minimum absolute atomic E-state index is 0.663. The zero-order valence-corrected chi connectivity index (χ0v) is 14.0. The molecule has 0 fully saturated rings. The molecule has 0 unspecified atom stereocenters. The van der Waals surface area contributed by atoms with Crippen LogP contribution in [0.1, 0.15) is 0 Å². The lowest BCUT2D eigenvalue weighted by Crippen LogP contribution is -1.97. The second-order valence-corrected chi connectivity index (χ2v) is 5.46. The molecule has 0 radical (unpaired) electrons. The van der Waals surface area contributed by atoms with Gasteiger partial charge in [0.1, 0.15) is 23.0 Å². The number of benzene rings is 2. The SMILES string of the molecule is COc1cc(Nc2[nH]ncc2Nc2cccc(Cl)c2)cc(OC)c1. The number of hydrogen-bond acceptors (Lipinski definition) is 5. The van der Waals surface area contributed by atoms with Gasteiger partial charge in [0.15, 0.2) is 0 Å². The van der Waals surface area contributed by atoms with Crippen LogP contribution in [0.2, 0.25) is 5.02 Å². The molecule has 1 heterocycles. The lowest BCUT2D eigenvalue weighted by molar-refractivity contribution is 0.395. The molecule has 1 aromatic heterocycles. The average Bonchev–Trinajstić information content (AvgIpc) is 3.01. The first-order valence-corrected chi connectivity index (χ1v) is 7.62. The van der Waals surface area contributed by atoms with Gasteiger partial charge in [-0.1, -0.05) is 17.7 Å². The molecule has 0 amide bonds. The first-order chi connectivity index (χ1) is 11.7. The van der Waals surface area contributed by atoms with Gasteiger partial charge in [-0.3, -0.25) is 5.10 Å². The van der Waals surface area contributed by atoms with Crippen molar-refractivity contribution in [1.29, 1.82) is 0 Å². The molecule has 0 bridgehead atoms. The van der Waals surface area contributed by atoms with Crippen molar-refractivity contribution in [3.05, 3.63) is 53.7 Å². The fraction of sp³-hybridized carbons (Fsp3) is 0.118. The molecule has 0 atom stereocenters. The summed E-state index contributed by atoms with van der Waals surface area (Å²) in [6.07, 6.45) is 1.70. The standard InChI is InChI=1S/C17H17ClN4O2/c1-23-14-7-13(8-15(9-14)24-2)21-17-16(10-19-22-17)20-12-5-3-4-11(18)6-12/h3-10,20H,1-2H3,(H2,19,21,22). The Labute approximate surface area is 144 Å². The number of aromatic nitrogens is 2. The Morgan fingerprint density at radius 1 is 0.958 bits per heavy atom. The number of methoxy groups -OCH3 is 2. The summed E-state index contributed by atoms with van der Waals surface area (Å²) in [5.41, 5.74) is 2.47. The molecule has 6 nitrogen and oxygen atoms in total. The molecular formula is C17H17ClN4O2. The first kappa shape index (κ1) is 16.0. The fourth-order valence-corrected chi connectivity index (χ4v) is 2.41. The van der Waals surface area contributed by atoms with Crippen molar-refractivity contribution in [2.45, 2.75) is 0 Å². The van der Waals surface area contributed by atoms with E-state index in [1.165, 1.54) is 0 Å². The fourth-order valence-electron chi connectivity index (χ4n) is 2.22. The maximum atomic E-state index is 6.01. The zero-order chi connectivity index (χ0) is 16.9. The number of aromatic amines is 1. The van der Waals surface area contributed by atoms with Crippen LogP contribution in [0.25, 0.3) is 0 Å². The molecule has 7 heteroatoms. The number of hydrogen-bond donors (Lipinski definition) is 3. The summed E-state index contributed by atoms with van der Waals surface area (Å²) in [6, 6.07) is 13.0. The minimum atomic E-state index is 0.663. The highest BCUT2D eigenvalue weighted by atomic mass is 35.5. The molecule has 3 rings (SSSR count). The number of H-pyrrole nitrogens is 1. The Balaban J connectivity index is 1.83. The first-order valence-electron chi connectivity index (χ1n) is 7.24. The van der Waals surface area contributed by atoms with Crippen molar-refractivity contribution in [3.63, 3.8) is 0 Å². The maximum absolute atomic E-state index is 6.01. The number of halogens is 1. The van der Waals surface area contributed by atoms with Gasteiger partial charge in [-0.2, -0.15) is 5.10 Å². The summed E-state index contributed by atoms with van der Waals surface area (Å²) in [6.45, 7) is 0. The van der Waals surface area contributed by atoms with E-state index in [-0.39, 0.29) is 0 Å². The van der Waals surface area contributed by atoms with Crippen LogP contribution < -0.4 is 20.1 Å². The molecule has 0 aliphatic heterocycles. The van der Waals surface area contributed by atoms with E-state index in [0.717, 1.165) is 17.1 Å². The van der Waals surface area contributed by atoms with Gasteiger partial charge in [0.2, 0.25) is 0 Å². The van der Waals surface area contributed by atoms with E-state index in [1.807, 2.05) is 42.5 Å². The van der Waals surface area contributed by atoms with Crippen LogP contribution in [0.15, 0.2) is 48.7 Å². The minimum Gasteiger partial charge on any atom is -0.497 e. The number of rotatable bonds is 6. The van der Waals surface area contributed by atoms with Crippen LogP contribution in [-0.2, 0) is 0 Å². The summed E-state index contributed by atoms with van der Waals surface area (Å²) < 4.78 is 10.6. The molecule has 0 saturated heterocycles.